The molecule has 1 N–H and O–H groups in total. The number of allylic oxidation sites excluding steroid dienone is 2. The maximum atomic E-state index is 11.6. The molecule has 30 heavy (non-hydrogen) atoms. The Bertz CT molecular complexity index is 933. The first-order valence-corrected chi connectivity index (χ1v) is 10.4. The number of rotatable bonds is 9. The monoisotopic (exact) mass is 407 g/mol. The van der Waals surface area contributed by atoms with E-state index < -0.39 is 0 Å². The molecular weight excluding hydrogens is 378 g/mol. The number of nitro benzene ring substituents is 1. The second-order valence-electron chi connectivity index (χ2n) is 7.54. The van der Waals surface area contributed by atoms with Gasteiger partial charge in [-0.1, -0.05) is 18.2 Å². The predicted octanol–water partition coefficient (Wildman–Crippen LogP) is 6.23. The topological polar surface area (TPSA) is 67.6 Å². The third kappa shape index (κ3) is 5.41. The maximum absolute atomic E-state index is 11.6. The van der Waals surface area contributed by atoms with Gasteiger partial charge in [-0.3, -0.25) is 10.1 Å². The van der Waals surface area contributed by atoms with Crippen LogP contribution in [0.5, 0.6) is 5.75 Å². The number of nitrogens with one attached hydrogen (secondary N) is 1. The zero-order valence-corrected chi connectivity index (χ0v) is 17.8. The van der Waals surface area contributed by atoms with Gasteiger partial charge in [-0.25, -0.2) is 0 Å². The first-order chi connectivity index (χ1) is 14.5. The molecule has 3 rings (SSSR count). The lowest BCUT2D eigenvalue weighted by atomic mass is 10.1. The summed E-state index contributed by atoms with van der Waals surface area (Å²) in [6.45, 7) is 7.77. The van der Waals surface area contributed by atoms with E-state index in [4.69, 9.17) is 4.74 Å². The maximum Gasteiger partial charge on any atom is 0.296 e. The zero-order chi connectivity index (χ0) is 21.5. The van der Waals surface area contributed by atoms with Gasteiger partial charge in [0.1, 0.15) is 18.0 Å². The number of nitrogens with zero attached hydrogens (tertiary/aromatic N) is 2. The third-order valence-electron chi connectivity index (χ3n) is 5.09. The van der Waals surface area contributed by atoms with Crippen molar-refractivity contribution in [2.45, 2.75) is 39.7 Å². The highest BCUT2D eigenvalue weighted by molar-refractivity contribution is 5.71. The van der Waals surface area contributed by atoms with Crippen molar-refractivity contribution in [2.75, 3.05) is 23.4 Å². The van der Waals surface area contributed by atoms with Crippen LogP contribution in [0, 0.1) is 10.1 Å². The van der Waals surface area contributed by atoms with Crippen LogP contribution in [0.3, 0.4) is 0 Å². The second-order valence-corrected chi connectivity index (χ2v) is 7.54. The standard InChI is InChI=1S/C24H29N3O3/c1-4-26(18(2)3)21-12-10-20(11-13-21)25-23-15-14-22(16-24(23)27(28)29)30-17-19-8-6-5-7-9-19/h6,8-16,18,25H,4-5,7,17H2,1-3H3. The molecule has 0 unspecified atom stereocenters. The molecule has 6 nitrogen and oxygen atoms in total. The zero-order valence-electron chi connectivity index (χ0n) is 17.8. The number of nitro groups is 1. The van der Waals surface area contributed by atoms with E-state index in [9.17, 15) is 10.1 Å². The number of anilines is 3. The summed E-state index contributed by atoms with van der Waals surface area (Å²) in [5.74, 6) is 0.484. The van der Waals surface area contributed by atoms with Crippen molar-refractivity contribution in [3.8, 4) is 5.75 Å². The molecule has 0 bridgehead atoms. The van der Waals surface area contributed by atoms with Gasteiger partial charge in [0.25, 0.3) is 5.69 Å². The lowest BCUT2D eigenvalue weighted by Crippen LogP contribution is -2.30. The molecule has 1 aliphatic rings. The van der Waals surface area contributed by atoms with Gasteiger partial charge in [0.2, 0.25) is 0 Å². The summed E-state index contributed by atoms with van der Waals surface area (Å²) in [6.07, 6.45) is 8.33. The minimum absolute atomic E-state index is 0.0119. The second kappa shape index (κ2) is 9.96. The Morgan fingerprint density at radius 2 is 1.93 bits per heavy atom. The van der Waals surface area contributed by atoms with E-state index in [-0.39, 0.29) is 10.6 Å². The van der Waals surface area contributed by atoms with Crippen LogP contribution in [0.1, 0.15) is 33.6 Å². The van der Waals surface area contributed by atoms with Crippen LogP contribution in [0.25, 0.3) is 0 Å². The van der Waals surface area contributed by atoms with Crippen molar-refractivity contribution in [2.24, 2.45) is 0 Å². The molecule has 0 heterocycles. The molecule has 2 aromatic rings. The van der Waals surface area contributed by atoms with Gasteiger partial charge >= 0.3 is 0 Å². The van der Waals surface area contributed by atoms with Gasteiger partial charge in [-0.2, -0.15) is 0 Å². The van der Waals surface area contributed by atoms with E-state index in [1.165, 1.54) is 6.07 Å². The fourth-order valence-corrected chi connectivity index (χ4v) is 3.54. The van der Waals surface area contributed by atoms with Gasteiger partial charge < -0.3 is 15.0 Å². The molecular formula is C24H29N3O3. The number of hydrogen-bond donors (Lipinski definition) is 1. The van der Waals surface area contributed by atoms with Gasteiger partial charge in [-0.05, 0) is 75.6 Å². The molecule has 0 saturated heterocycles. The molecule has 2 aromatic carbocycles. The van der Waals surface area contributed by atoms with Gasteiger partial charge in [-0.15, -0.1) is 0 Å². The highest BCUT2D eigenvalue weighted by atomic mass is 16.6. The van der Waals surface area contributed by atoms with E-state index >= 15 is 0 Å². The van der Waals surface area contributed by atoms with E-state index in [1.807, 2.05) is 30.3 Å². The van der Waals surface area contributed by atoms with Gasteiger partial charge in [0.15, 0.2) is 0 Å². The SMILES string of the molecule is CCN(c1ccc(Nc2ccc(OCC3=CCCC=C3)cc2[N+](=O)[O-])cc1)C(C)C. The lowest BCUT2D eigenvalue weighted by Gasteiger charge is -2.27. The Hall–Kier alpha value is -3.28. The van der Waals surface area contributed by atoms with Gasteiger partial charge in [0, 0.05) is 24.0 Å². The van der Waals surface area contributed by atoms with Crippen LogP contribution in [0.2, 0.25) is 0 Å². The van der Waals surface area contributed by atoms with E-state index in [1.54, 1.807) is 12.1 Å². The first kappa shape index (κ1) is 21.4. The van der Waals surface area contributed by atoms with Crippen molar-refractivity contribution < 1.29 is 9.66 Å². The Morgan fingerprint density at radius 3 is 2.53 bits per heavy atom. The van der Waals surface area contributed by atoms with E-state index in [0.29, 0.717) is 24.1 Å². The Labute approximate surface area is 178 Å². The first-order valence-electron chi connectivity index (χ1n) is 10.4. The average molecular weight is 408 g/mol. The molecule has 0 fully saturated rings. The Kier molecular flexibility index (Phi) is 7.12. The van der Waals surface area contributed by atoms with Crippen molar-refractivity contribution in [3.05, 3.63) is 76.4 Å². The largest absolute Gasteiger partial charge is 0.489 e. The van der Waals surface area contributed by atoms with Crippen molar-refractivity contribution in [1.29, 1.82) is 0 Å². The molecule has 0 saturated carbocycles. The molecule has 0 radical (unpaired) electrons. The molecule has 0 aliphatic heterocycles. The molecule has 0 amide bonds. The van der Waals surface area contributed by atoms with Crippen molar-refractivity contribution in [1.82, 2.24) is 0 Å². The highest BCUT2D eigenvalue weighted by Gasteiger charge is 2.16. The highest BCUT2D eigenvalue weighted by Crippen LogP contribution is 2.32. The minimum atomic E-state index is -0.388. The number of benzene rings is 2. The molecule has 0 aromatic heterocycles. The fourth-order valence-electron chi connectivity index (χ4n) is 3.54. The van der Waals surface area contributed by atoms with E-state index in [0.717, 1.165) is 36.3 Å². The molecule has 0 spiro atoms. The van der Waals surface area contributed by atoms with Gasteiger partial charge in [0.05, 0.1) is 11.0 Å². The quantitative estimate of drug-likeness (QED) is 0.394. The fraction of sp³-hybridized carbons (Fsp3) is 0.333. The smallest absolute Gasteiger partial charge is 0.296 e. The summed E-state index contributed by atoms with van der Waals surface area (Å²) in [5.41, 5.74) is 3.44. The Morgan fingerprint density at radius 1 is 1.17 bits per heavy atom. The summed E-state index contributed by atoms with van der Waals surface area (Å²) < 4.78 is 5.76. The average Bonchev–Trinajstić information content (AvgIpc) is 2.75. The van der Waals surface area contributed by atoms with Crippen LogP contribution < -0.4 is 15.0 Å². The van der Waals surface area contributed by atoms with Crippen molar-refractivity contribution >= 4 is 22.7 Å². The van der Waals surface area contributed by atoms with E-state index in [2.05, 4.69) is 43.1 Å². The normalized spacial score (nSPS) is 13.1. The molecule has 0 atom stereocenters. The number of hydrogen-bond acceptors (Lipinski definition) is 5. The predicted molar refractivity (Wildman–Crippen MR) is 123 cm³/mol. The Balaban J connectivity index is 1.73. The van der Waals surface area contributed by atoms with Crippen LogP contribution in [-0.2, 0) is 0 Å². The number of ether oxygens (including phenoxy) is 1. The summed E-state index contributed by atoms with van der Waals surface area (Å²) in [5, 5.41) is 14.8. The van der Waals surface area contributed by atoms with Crippen molar-refractivity contribution in [3.63, 3.8) is 0 Å². The molecule has 6 heteroatoms. The summed E-state index contributed by atoms with van der Waals surface area (Å²) in [7, 11) is 0. The third-order valence-corrected chi connectivity index (χ3v) is 5.09. The minimum Gasteiger partial charge on any atom is -0.489 e. The molecule has 1 aliphatic carbocycles. The summed E-state index contributed by atoms with van der Waals surface area (Å²) in [6, 6.07) is 13.3. The lowest BCUT2D eigenvalue weighted by molar-refractivity contribution is -0.384. The summed E-state index contributed by atoms with van der Waals surface area (Å²) in [4.78, 5) is 13.5. The van der Waals surface area contributed by atoms with Crippen LogP contribution in [-0.4, -0.2) is 24.1 Å². The van der Waals surface area contributed by atoms with Crippen LogP contribution >= 0.6 is 0 Å². The summed E-state index contributed by atoms with van der Waals surface area (Å²) >= 11 is 0. The van der Waals surface area contributed by atoms with Crippen LogP contribution in [0.4, 0.5) is 22.7 Å². The molecule has 158 valence electrons. The van der Waals surface area contributed by atoms with Crippen LogP contribution in [0.15, 0.2) is 66.3 Å².